The van der Waals surface area contributed by atoms with Crippen LogP contribution in [0.4, 0.5) is 4.39 Å². The summed E-state index contributed by atoms with van der Waals surface area (Å²) in [6.07, 6.45) is 0. The molecule has 0 amide bonds. The van der Waals surface area contributed by atoms with E-state index in [1.54, 1.807) is 0 Å². The molecule has 0 radical (unpaired) electrons. The molecule has 0 saturated heterocycles. The van der Waals surface area contributed by atoms with E-state index in [0.29, 0.717) is 18.4 Å². The summed E-state index contributed by atoms with van der Waals surface area (Å²) < 4.78 is 40.1. The predicted octanol–water partition coefficient (Wildman–Crippen LogP) is 3.69. The van der Waals surface area contributed by atoms with Crippen molar-refractivity contribution in [1.82, 2.24) is 4.72 Å². The topological polar surface area (TPSA) is 46.2 Å². The smallest absolute Gasteiger partial charge is 0.211 e. The maximum atomic E-state index is 13.2. The molecule has 1 aromatic carbocycles. The van der Waals surface area contributed by atoms with Crippen molar-refractivity contribution in [2.45, 2.75) is 32.6 Å². The van der Waals surface area contributed by atoms with Gasteiger partial charge in [-0.1, -0.05) is 39.3 Å². The zero-order valence-corrected chi connectivity index (χ0v) is 13.7. The fraction of sp³-hybridized carbons (Fsp3) is 0.571. The highest BCUT2D eigenvalue weighted by molar-refractivity contribution is 7.89. The van der Waals surface area contributed by atoms with Gasteiger partial charge >= 0.3 is 0 Å². The molecule has 114 valence electrons. The number of rotatable bonds is 6. The van der Waals surface area contributed by atoms with E-state index in [-0.39, 0.29) is 15.8 Å². The minimum atomic E-state index is -3.80. The zero-order valence-electron chi connectivity index (χ0n) is 12.2. The number of hydrogen-bond acceptors (Lipinski definition) is 2. The van der Waals surface area contributed by atoms with Crippen LogP contribution in [-0.2, 0) is 10.0 Å². The molecule has 0 bridgehead atoms. The van der Waals surface area contributed by atoms with Crippen LogP contribution in [0.1, 0.15) is 27.7 Å². The van der Waals surface area contributed by atoms with Gasteiger partial charge in [-0.05, 0) is 36.0 Å². The predicted molar refractivity (Wildman–Crippen MR) is 79.8 cm³/mol. The van der Waals surface area contributed by atoms with Crippen LogP contribution in [0.5, 0.6) is 0 Å². The lowest BCUT2D eigenvalue weighted by molar-refractivity contribution is 0.289. The van der Waals surface area contributed by atoms with E-state index in [4.69, 9.17) is 11.6 Å². The zero-order chi connectivity index (χ0) is 15.5. The van der Waals surface area contributed by atoms with E-state index >= 15 is 0 Å². The Bertz CT molecular complexity index is 550. The largest absolute Gasteiger partial charge is 0.242 e. The van der Waals surface area contributed by atoms with Crippen LogP contribution in [0.3, 0.4) is 0 Å². The van der Waals surface area contributed by atoms with Crippen LogP contribution in [0, 0.1) is 23.6 Å². The summed E-state index contributed by atoms with van der Waals surface area (Å²) in [4.78, 5) is -0.217. The van der Waals surface area contributed by atoms with E-state index in [0.717, 1.165) is 12.1 Å². The Morgan fingerprint density at radius 2 is 1.75 bits per heavy atom. The van der Waals surface area contributed by atoms with Gasteiger partial charge in [-0.3, -0.25) is 0 Å². The molecule has 0 aliphatic carbocycles. The summed E-state index contributed by atoms with van der Waals surface area (Å²) in [7, 11) is -3.80. The molecule has 3 nitrogen and oxygen atoms in total. The van der Waals surface area contributed by atoms with Crippen LogP contribution >= 0.6 is 11.6 Å². The molecule has 20 heavy (non-hydrogen) atoms. The SMILES string of the molecule is CC(C)C(CNS(=O)(=O)c1cc(F)ccc1Cl)C(C)C. The summed E-state index contributed by atoms with van der Waals surface area (Å²) >= 11 is 5.84. The van der Waals surface area contributed by atoms with Crippen LogP contribution < -0.4 is 4.72 Å². The van der Waals surface area contributed by atoms with Crippen molar-refractivity contribution in [2.75, 3.05) is 6.54 Å². The maximum absolute atomic E-state index is 13.2. The third kappa shape index (κ3) is 4.43. The summed E-state index contributed by atoms with van der Waals surface area (Å²) in [6, 6.07) is 3.31. The fourth-order valence-electron chi connectivity index (χ4n) is 2.21. The van der Waals surface area contributed by atoms with Gasteiger partial charge in [0.05, 0.1) is 5.02 Å². The van der Waals surface area contributed by atoms with Crippen LogP contribution in [0.2, 0.25) is 5.02 Å². The standard InChI is InChI=1S/C14H21ClFNO2S/c1-9(2)12(10(3)4)8-17-20(18,19)14-7-11(16)5-6-13(14)15/h5-7,9-10,12,17H,8H2,1-4H3. The van der Waals surface area contributed by atoms with E-state index in [1.807, 2.05) is 27.7 Å². The van der Waals surface area contributed by atoms with E-state index in [2.05, 4.69) is 4.72 Å². The molecular formula is C14H21ClFNO2S. The highest BCUT2D eigenvalue weighted by atomic mass is 35.5. The highest BCUT2D eigenvalue weighted by Crippen LogP contribution is 2.24. The molecular weight excluding hydrogens is 301 g/mol. The monoisotopic (exact) mass is 321 g/mol. The van der Waals surface area contributed by atoms with E-state index < -0.39 is 15.8 Å². The van der Waals surface area contributed by atoms with Crippen LogP contribution in [0.25, 0.3) is 0 Å². The van der Waals surface area contributed by atoms with Crippen molar-refractivity contribution in [1.29, 1.82) is 0 Å². The normalized spacial score (nSPS) is 12.7. The molecule has 0 aliphatic rings. The third-order valence-corrected chi connectivity index (χ3v) is 5.31. The maximum Gasteiger partial charge on any atom is 0.242 e. The van der Waals surface area contributed by atoms with Crippen molar-refractivity contribution in [3.05, 3.63) is 29.0 Å². The van der Waals surface area contributed by atoms with Gasteiger partial charge in [0.1, 0.15) is 10.7 Å². The molecule has 1 rings (SSSR count). The van der Waals surface area contributed by atoms with Gasteiger partial charge in [-0.2, -0.15) is 0 Å². The van der Waals surface area contributed by atoms with Crippen LogP contribution in [-0.4, -0.2) is 15.0 Å². The first-order valence-corrected chi connectivity index (χ1v) is 8.46. The number of nitrogens with one attached hydrogen (secondary N) is 1. The fourth-order valence-corrected chi connectivity index (χ4v) is 3.79. The van der Waals surface area contributed by atoms with Gasteiger partial charge in [0, 0.05) is 6.54 Å². The molecule has 0 aliphatic heterocycles. The minimum Gasteiger partial charge on any atom is -0.211 e. The lowest BCUT2D eigenvalue weighted by atomic mass is 9.86. The summed E-state index contributed by atoms with van der Waals surface area (Å²) in [6.45, 7) is 8.51. The molecule has 0 heterocycles. The first-order valence-electron chi connectivity index (χ1n) is 6.60. The molecule has 0 aromatic heterocycles. The molecule has 0 atom stereocenters. The Morgan fingerprint density at radius 1 is 1.20 bits per heavy atom. The second-order valence-electron chi connectivity index (χ2n) is 5.58. The Balaban J connectivity index is 2.93. The molecule has 0 unspecified atom stereocenters. The second-order valence-corrected chi connectivity index (χ2v) is 7.72. The van der Waals surface area contributed by atoms with Gasteiger partial charge in [0.15, 0.2) is 0 Å². The van der Waals surface area contributed by atoms with E-state index in [1.165, 1.54) is 6.07 Å². The van der Waals surface area contributed by atoms with Crippen LogP contribution in [0.15, 0.2) is 23.1 Å². The average molecular weight is 322 g/mol. The Hall–Kier alpha value is -0.650. The third-order valence-electron chi connectivity index (χ3n) is 3.40. The van der Waals surface area contributed by atoms with E-state index in [9.17, 15) is 12.8 Å². The molecule has 0 spiro atoms. The first kappa shape index (κ1) is 17.4. The lowest BCUT2D eigenvalue weighted by Crippen LogP contribution is -2.34. The van der Waals surface area contributed by atoms with Crippen molar-refractivity contribution < 1.29 is 12.8 Å². The highest BCUT2D eigenvalue weighted by Gasteiger charge is 2.23. The van der Waals surface area contributed by atoms with Gasteiger partial charge in [-0.15, -0.1) is 0 Å². The van der Waals surface area contributed by atoms with Gasteiger partial charge in [0.25, 0.3) is 0 Å². The quantitative estimate of drug-likeness (QED) is 0.868. The van der Waals surface area contributed by atoms with Gasteiger partial charge in [-0.25, -0.2) is 17.5 Å². The minimum absolute atomic E-state index is 0.0181. The molecule has 1 aromatic rings. The van der Waals surface area contributed by atoms with Gasteiger partial charge < -0.3 is 0 Å². The Kier molecular flexibility index (Phi) is 5.98. The van der Waals surface area contributed by atoms with Crippen molar-refractivity contribution in [2.24, 2.45) is 17.8 Å². The molecule has 6 heteroatoms. The number of sulfonamides is 1. The number of halogens is 2. The summed E-state index contributed by atoms with van der Waals surface area (Å²) in [5.74, 6) is 0.275. The summed E-state index contributed by atoms with van der Waals surface area (Å²) in [5.41, 5.74) is 0. The first-order chi connectivity index (χ1) is 9.15. The molecule has 1 N–H and O–H groups in total. The number of benzene rings is 1. The second kappa shape index (κ2) is 6.87. The summed E-state index contributed by atoms with van der Waals surface area (Å²) in [5, 5.41) is 0.0181. The van der Waals surface area contributed by atoms with Crippen molar-refractivity contribution in [3.8, 4) is 0 Å². The Labute approximate surface area is 125 Å². The number of hydrogen-bond donors (Lipinski definition) is 1. The Morgan fingerprint density at radius 3 is 2.25 bits per heavy atom. The molecule has 0 fully saturated rings. The average Bonchev–Trinajstić information content (AvgIpc) is 2.31. The molecule has 0 saturated carbocycles. The van der Waals surface area contributed by atoms with Crippen molar-refractivity contribution >= 4 is 21.6 Å². The lowest BCUT2D eigenvalue weighted by Gasteiger charge is -2.25. The van der Waals surface area contributed by atoms with Crippen molar-refractivity contribution in [3.63, 3.8) is 0 Å². The van der Waals surface area contributed by atoms with Gasteiger partial charge in [0.2, 0.25) is 10.0 Å².